The summed E-state index contributed by atoms with van der Waals surface area (Å²) >= 11 is 0. The van der Waals surface area contributed by atoms with Gasteiger partial charge >= 0.3 is 6.09 Å². The fraction of sp³-hybridized carbons (Fsp3) is 0.905. The number of carbonyl (C=O) groups excluding carboxylic acids is 2. The van der Waals surface area contributed by atoms with E-state index in [0.29, 0.717) is 24.8 Å². The number of nitrogens with one attached hydrogen (secondary N) is 1. The molecule has 0 bridgehead atoms. The van der Waals surface area contributed by atoms with Gasteiger partial charge in [0.2, 0.25) is 5.91 Å². The third-order valence-electron chi connectivity index (χ3n) is 6.00. The smallest absolute Gasteiger partial charge is 0.410 e. The van der Waals surface area contributed by atoms with Crippen molar-refractivity contribution < 1.29 is 24.5 Å². The van der Waals surface area contributed by atoms with E-state index in [9.17, 15) is 19.8 Å². The molecule has 7 heteroatoms. The molecule has 0 radical (unpaired) electrons. The summed E-state index contributed by atoms with van der Waals surface area (Å²) in [4.78, 5) is 27.2. The van der Waals surface area contributed by atoms with E-state index in [1.54, 1.807) is 0 Å². The monoisotopic (exact) mass is 398 g/mol. The molecule has 162 valence electrons. The Bertz CT molecular complexity index is 525. The predicted octanol–water partition coefficient (Wildman–Crippen LogP) is 2.44. The van der Waals surface area contributed by atoms with Crippen molar-refractivity contribution >= 4 is 12.0 Å². The minimum absolute atomic E-state index is 0.327. The number of hydrogen-bond donors (Lipinski definition) is 3. The maximum atomic E-state index is 13.0. The third-order valence-corrected chi connectivity index (χ3v) is 6.00. The molecule has 3 N–H and O–H groups in total. The number of rotatable bonds is 5. The number of amides is 2. The van der Waals surface area contributed by atoms with Crippen molar-refractivity contribution in [1.29, 1.82) is 0 Å². The summed E-state index contributed by atoms with van der Waals surface area (Å²) in [6.07, 6.45) is 6.28. The number of hydrogen-bond acceptors (Lipinski definition) is 5. The first-order valence-corrected chi connectivity index (χ1v) is 10.7. The maximum Gasteiger partial charge on any atom is 0.410 e. The number of piperidine rings is 1. The highest BCUT2D eigenvalue weighted by atomic mass is 16.6. The molecule has 1 saturated heterocycles. The highest BCUT2D eigenvalue weighted by Gasteiger charge is 2.41. The van der Waals surface area contributed by atoms with Crippen LogP contribution in [0.3, 0.4) is 0 Å². The highest BCUT2D eigenvalue weighted by molar-refractivity contribution is 5.86. The molecule has 0 aromatic rings. The Balaban J connectivity index is 2.14. The van der Waals surface area contributed by atoms with Crippen LogP contribution in [-0.2, 0) is 9.53 Å². The minimum Gasteiger partial charge on any atom is -0.444 e. The van der Waals surface area contributed by atoms with E-state index >= 15 is 0 Å². The zero-order valence-corrected chi connectivity index (χ0v) is 17.8. The largest absolute Gasteiger partial charge is 0.444 e. The van der Waals surface area contributed by atoms with Gasteiger partial charge in [-0.15, -0.1) is 0 Å². The Hall–Kier alpha value is -1.34. The van der Waals surface area contributed by atoms with E-state index < -0.39 is 29.9 Å². The molecule has 0 aromatic heterocycles. The predicted molar refractivity (Wildman–Crippen MR) is 107 cm³/mol. The molecule has 2 fully saturated rings. The maximum absolute atomic E-state index is 13.0. The van der Waals surface area contributed by atoms with Crippen molar-refractivity contribution in [2.75, 3.05) is 13.2 Å². The van der Waals surface area contributed by atoms with Crippen molar-refractivity contribution in [3.63, 3.8) is 0 Å². The van der Waals surface area contributed by atoms with Gasteiger partial charge in [-0.25, -0.2) is 4.79 Å². The zero-order valence-electron chi connectivity index (χ0n) is 17.8. The van der Waals surface area contributed by atoms with Gasteiger partial charge in [-0.2, -0.15) is 0 Å². The molecule has 1 aliphatic carbocycles. The first-order valence-electron chi connectivity index (χ1n) is 10.7. The molecule has 7 nitrogen and oxygen atoms in total. The second kappa shape index (κ2) is 9.92. The van der Waals surface area contributed by atoms with Gasteiger partial charge in [-0.1, -0.05) is 32.1 Å². The van der Waals surface area contributed by atoms with Crippen molar-refractivity contribution in [3.05, 3.63) is 0 Å². The summed E-state index contributed by atoms with van der Waals surface area (Å²) in [5.74, 6) is 0.690. The van der Waals surface area contributed by atoms with E-state index in [2.05, 4.69) is 5.32 Å². The first kappa shape index (κ1) is 22.9. The van der Waals surface area contributed by atoms with E-state index in [4.69, 9.17) is 4.74 Å². The Kier molecular flexibility index (Phi) is 8.13. The lowest BCUT2D eigenvalue weighted by atomic mass is 9.74. The van der Waals surface area contributed by atoms with Crippen LogP contribution in [0.1, 0.15) is 72.6 Å². The fourth-order valence-electron chi connectivity index (χ4n) is 4.41. The molecule has 2 amide bonds. The summed E-state index contributed by atoms with van der Waals surface area (Å²) in [6, 6.07) is -1.38. The number of likely N-dealkylation sites (tertiary alicyclic amines) is 1. The summed E-state index contributed by atoms with van der Waals surface area (Å²) in [7, 11) is 0. The van der Waals surface area contributed by atoms with Crippen LogP contribution in [0.25, 0.3) is 0 Å². The normalized spacial score (nSPS) is 26.4. The van der Waals surface area contributed by atoms with Crippen LogP contribution in [0.2, 0.25) is 0 Å². The van der Waals surface area contributed by atoms with Gasteiger partial charge in [0.25, 0.3) is 0 Å². The molecular formula is C21H38N2O5. The van der Waals surface area contributed by atoms with Crippen molar-refractivity contribution in [3.8, 4) is 0 Å². The molecule has 1 heterocycles. The Morgan fingerprint density at radius 1 is 1.14 bits per heavy atom. The van der Waals surface area contributed by atoms with Crippen LogP contribution < -0.4 is 5.32 Å². The van der Waals surface area contributed by atoms with E-state index in [1.165, 1.54) is 43.9 Å². The minimum atomic E-state index is -0.873. The van der Waals surface area contributed by atoms with Gasteiger partial charge in [0.15, 0.2) is 0 Å². The van der Waals surface area contributed by atoms with Crippen molar-refractivity contribution in [1.82, 2.24) is 10.2 Å². The van der Waals surface area contributed by atoms with Crippen LogP contribution in [0.15, 0.2) is 0 Å². The topological polar surface area (TPSA) is 99.1 Å². The first-order chi connectivity index (χ1) is 13.1. The lowest BCUT2D eigenvalue weighted by molar-refractivity contribution is -0.130. The molecule has 2 aliphatic rings. The Morgan fingerprint density at radius 2 is 1.79 bits per heavy atom. The van der Waals surface area contributed by atoms with Gasteiger partial charge in [0, 0.05) is 6.54 Å². The van der Waals surface area contributed by atoms with Crippen molar-refractivity contribution in [2.45, 2.75) is 96.4 Å². The highest BCUT2D eigenvalue weighted by Crippen LogP contribution is 2.38. The molecule has 0 spiro atoms. The quantitative estimate of drug-likeness (QED) is 0.661. The fourth-order valence-corrected chi connectivity index (χ4v) is 4.41. The Morgan fingerprint density at radius 3 is 2.32 bits per heavy atom. The molecular weight excluding hydrogens is 360 g/mol. The van der Waals surface area contributed by atoms with Gasteiger partial charge < -0.3 is 20.3 Å². The van der Waals surface area contributed by atoms with Gasteiger partial charge in [-0.05, 0) is 52.4 Å². The standard InChI is InChI=1S/C21H38N2O5/c1-14(25)17(13-24)22-19(26)18-12-16(15-8-6-5-7-9-15)10-11-23(18)20(27)28-21(2,3)4/h14-18,24-25H,5-13H2,1-4H3,(H,22,26)/t14-,16?,17-,18?/m0/s1. The molecule has 1 saturated carbocycles. The molecule has 1 aliphatic heterocycles. The van der Waals surface area contributed by atoms with Crippen LogP contribution in [0.5, 0.6) is 0 Å². The molecule has 4 atom stereocenters. The molecule has 2 rings (SSSR count). The SMILES string of the molecule is C[C@H](O)[C@H](CO)NC(=O)C1CC(C2CCCCC2)CCN1C(=O)OC(C)(C)C. The third kappa shape index (κ3) is 6.34. The lowest BCUT2D eigenvalue weighted by Gasteiger charge is -2.42. The molecule has 28 heavy (non-hydrogen) atoms. The van der Waals surface area contributed by atoms with Crippen molar-refractivity contribution in [2.24, 2.45) is 11.8 Å². The summed E-state index contributed by atoms with van der Waals surface area (Å²) < 4.78 is 5.53. The number of carbonyl (C=O) groups is 2. The number of aliphatic hydroxyl groups excluding tert-OH is 2. The second-order valence-electron chi connectivity index (χ2n) is 9.41. The van der Waals surface area contributed by atoms with Crippen LogP contribution >= 0.6 is 0 Å². The molecule has 2 unspecified atom stereocenters. The summed E-state index contributed by atoms with van der Waals surface area (Å²) in [5, 5.41) is 21.9. The molecule has 0 aromatic carbocycles. The average Bonchev–Trinajstić information content (AvgIpc) is 2.64. The second-order valence-corrected chi connectivity index (χ2v) is 9.41. The number of ether oxygens (including phenoxy) is 1. The Labute approximate surface area is 168 Å². The average molecular weight is 399 g/mol. The number of nitrogens with zero attached hydrogens (tertiary/aromatic N) is 1. The summed E-state index contributed by atoms with van der Waals surface area (Å²) in [5.41, 5.74) is -0.633. The van der Waals surface area contributed by atoms with Gasteiger partial charge in [0.1, 0.15) is 11.6 Å². The lowest BCUT2D eigenvalue weighted by Crippen LogP contribution is -2.58. The summed E-state index contributed by atoms with van der Waals surface area (Å²) in [6.45, 7) is 7.09. The van der Waals surface area contributed by atoms with E-state index in [0.717, 1.165) is 6.42 Å². The zero-order chi connectivity index (χ0) is 20.9. The van der Waals surface area contributed by atoms with Gasteiger partial charge in [-0.3, -0.25) is 9.69 Å². The van der Waals surface area contributed by atoms with E-state index in [-0.39, 0.29) is 12.5 Å². The van der Waals surface area contributed by atoms with Crippen LogP contribution in [0.4, 0.5) is 4.79 Å². The van der Waals surface area contributed by atoms with Gasteiger partial charge in [0.05, 0.1) is 18.8 Å². The van der Waals surface area contributed by atoms with E-state index in [1.807, 2.05) is 20.8 Å². The van der Waals surface area contributed by atoms with Crippen LogP contribution in [-0.4, -0.2) is 64.1 Å². The van der Waals surface area contributed by atoms with Crippen LogP contribution in [0, 0.1) is 11.8 Å². The number of aliphatic hydroxyl groups is 2.